The van der Waals surface area contributed by atoms with Crippen molar-refractivity contribution in [3.05, 3.63) is 75.2 Å². The highest BCUT2D eigenvalue weighted by Gasteiger charge is 2.14. The normalized spacial score (nSPS) is 12.7. The highest BCUT2D eigenvalue weighted by atomic mass is 32.1. The summed E-state index contributed by atoms with van der Waals surface area (Å²) >= 11 is 1.56. The minimum atomic E-state index is -0.674. The van der Waals surface area contributed by atoms with Crippen LogP contribution < -0.4 is 10.6 Å². The lowest BCUT2D eigenvalue weighted by molar-refractivity contribution is -0.385. The Morgan fingerprint density at radius 3 is 2.71 bits per heavy atom. The fraction of sp³-hybridized carbons (Fsp3) is 0.250. The first-order valence-electron chi connectivity index (χ1n) is 8.99. The summed E-state index contributed by atoms with van der Waals surface area (Å²) in [4.78, 5) is 16.0. The topological polar surface area (TPSA) is 99.8 Å². The molecule has 1 heterocycles. The Bertz CT molecular complexity index is 953. The van der Waals surface area contributed by atoms with Crippen LogP contribution in [0.1, 0.15) is 23.5 Å². The number of hydrogen-bond acceptors (Lipinski definition) is 5. The van der Waals surface area contributed by atoms with E-state index < -0.39 is 11.0 Å². The van der Waals surface area contributed by atoms with E-state index in [1.807, 2.05) is 37.3 Å². The molecule has 1 aromatic heterocycles. The number of nitro benzene ring substituents is 1. The molecule has 0 saturated carbocycles. The maximum absolute atomic E-state index is 11.1. The van der Waals surface area contributed by atoms with Gasteiger partial charge in [0.1, 0.15) is 6.10 Å². The number of benzene rings is 2. The number of guanidine groups is 1. The van der Waals surface area contributed by atoms with E-state index in [9.17, 15) is 15.2 Å². The first-order valence-corrected chi connectivity index (χ1v) is 9.81. The molecule has 0 amide bonds. The van der Waals surface area contributed by atoms with Crippen LogP contribution >= 0.6 is 11.3 Å². The predicted octanol–water partition coefficient (Wildman–Crippen LogP) is 3.60. The summed E-state index contributed by atoms with van der Waals surface area (Å²) in [6.45, 7) is 3.04. The van der Waals surface area contributed by atoms with E-state index in [-0.39, 0.29) is 18.8 Å². The van der Waals surface area contributed by atoms with E-state index in [4.69, 9.17) is 0 Å². The van der Waals surface area contributed by atoms with Gasteiger partial charge in [0, 0.05) is 28.7 Å². The van der Waals surface area contributed by atoms with E-state index in [1.54, 1.807) is 29.5 Å². The molecule has 0 saturated heterocycles. The Labute approximate surface area is 166 Å². The van der Waals surface area contributed by atoms with E-state index in [2.05, 4.69) is 15.6 Å². The van der Waals surface area contributed by atoms with Crippen LogP contribution in [0, 0.1) is 10.1 Å². The zero-order valence-electron chi connectivity index (χ0n) is 15.5. The minimum absolute atomic E-state index is 0.0485. The first-order chi connectivity index (χ1) is 13.6. The van der Waals surface area contributed by atoms with Crippen molar-refractivity contribution < 1.29 is 10.0 Å². The summed E-state index contributed by atoms with van der Waals surface area (Å²) in [6.07, 6.45) is -0.674. The quantitative estimate of drug-likeness (QED) is 0.244. The van der Waals surface area contributed by atoms with Crippen LogP contribution in [0.25, 0.3) is 10.1 Å². The van der Waals surface area contributed by atoms with Gasteiger partial charge in [-0.3, -0.25) is 10.1 Å². The molecule has 28 heavy (non-hydrogen) atoms. The van der Waals surface area contributed by atoms with Crippen LogP contribution in [0.3, 0.4) is 0 Å². The summed E-state index contributed by atoms with van der Waals surface area (Å²) < 4.78 is 1.13. The van der Waals surface area contributed by atoms with Gasteiger partial charge < -0.3 is 15.7 Å². The van der Waals surface area contributed by atoms with Gasteiger partial charge in [-0.15, -0.1) is 11.3 Å². The molecule has 8 heteroatoms. The summed E-state index contributed by atoms with van der Waals surface area (Å²) in [6, 6.07) is 16.5. The first kappa shape index (κ1) is 19.8. The number of nitrogens with one attached hydrogen (secondary N) is 2. The van der Waals surface area contributed by atoms with Crippen molar-refractivity contribution in [1.82, 2.24) is 10.6 Å². The third-order valence-corrected chi connectivity index (χ3v) is 5.39. The van der Waals surface area contributed by atoms with Crippen molar-refractivity contribution in [2.24, 2.45) is 4.99 Å². The van der Waals surface area contributed by atoms with Crippen molar-refractivity contribution in [3.63, 3.8) is 0 Å². The lowest BCUT2D eigenvalue weighted by Crippen LogP contribution is -2.39. The number of rotatable bonds is 7. The van der Waals surface area contributed by atoms with Gasteiger partial charge in [0.25, 0.3) is 5.69 Å². The standard InChI is InChI=1S/C20H22N4O3S/c1-2-21-20(22-12-15-8-3-5-9-16(15)24(26)27)23-13-17(25)19-11-14-7-4-6-10-18(14)28-19/h3-11,17,25H,2,12-13H2,1H3,(H2,21,22,23). The second kappa shape index (κ2) is 9.29. The third kappa shape index (κ3) is 4.85. The van der Waals surface area contributed by atoms with Crippen LogP contribution in [0.15, 0.2) is 59.6 Å². The number of aliphatic hydroxyl groups is 1. The fourth-order valence-corrected chi connectivity index (χ4v) is 3.84. The Morgan fingerprint density at radius 1 is 1.21 bits per heavy atom. The van der Waals surface area contributed by atoms with Crippen LogP contribution in [0.2, 0.25) is 0 Å². The summed E-state index contributed by atoms with van der Waals surface area (Å²) in [7, 11) is 0. The van der Waals surface area contributed by atoms with Gasteiger partial charge in [0.15, 0.2) is 5.96 Å². The summed E-state index contributed by atoms with van der Waals surface area (Å²) in [5.41, 5.74) is 0.585. The number of nitro groups is 1. The molecule has 0 aliphatic heterocycles. The van der Waals surface area contributed by atoms with Crippen molar-refractivity contribution in [2.45, 2.75) is 19.6 Å². The Morgan fingerprint density at radius 2 is 1.96 bits per heavy atom. The maximum atomic E-state index is 11.1. The van der Waals surface area contributed by atoms with Gasteiger partial charge in [0.2, 0.25) is 0 Å². The van der Waals surface area contributed by atoms with Crippen LogP contribution in [-0.2, 0) is 6.54 Å². The molecule has 1 unspecified atom stereocenters. The highest BCUT2D eigenvalue weighted by molar-refractivity contribution is 7.19. The van der Waals surface area contributed by atoms with Crippen molar-refractivity contribution in [1.29, 1.82) is 0 Å². The second-order valence-corrected chi connectivity index (χ2v) is 7.28. The van der Waals surface area contributed by atoms with Gasteiger partial charge in [0.05, 0.1) is 17.0 Å². The van der Waals surface area contributed by atoms with Crippen molar-refractivity contribution in [3.8, 4) is 0 Å². The number of para-hydroxylation sites is 1. The average molecular weight is 398 g/mol. The van der Waals surface area contributed by atoms with Gasteiger partial charge in [-0.2, -0.15) is 0 Å². The maximum Gasteiger partial charge on any atom is 0.274 e. The molecule has 3 N–H and O–H groups in total. The Balaban J connectivity index is 1.67. The molecule has 0 aliphatic rings. The summed E-state index contributed by atoms with van der Waals surface area (Å²) in [5.74, 6) is 0.501. The zero-order valence-corrected chi connectivity index (χ0v) is 16.3. The lowest BCUT2D eigenvalue weighted by atomic mass is 10.2. The van der Waals surface area contributed by atoms with Crippen LogP contribution in [-0.4, -0.2) is 29.1 Å². The van der Waals surface area contributed by atoms with Gasteiger partial charge in [-0.25, -0.2) is 4.99 Å². The molecule has 0 bridgehead atoms. The van der Waals surface area contributed by atoms with Gasteiger partial charge in [-0.1, -0.05) is 36.4 Å². The van der Waals surface area contributed by atoms with E-state index in [0.717, 1.165) is 15.0 Å². The predicted molar refractivity (Wildman–Crippen MR) is 113 cm³/mol. The molecule has 2 aromatic carbocycles. The second-order valence-electron chi connectivity index (χ2n) is 6.16. The van der Waals surface area contributed by atoms with Crippen molar-refractivity contribution in [2.75, 3.05) is 13.1 Å². The number of aliphatic hydroxyl groups excluding tert-OH is 1. The summed E-state index contributed by atoms with van der Waals surface area (Å²) in [5, 5.41) is 29.0. The van der Waals surface area contributed by atoms with E-state index >= 15 is 0 Å². The molecule has 7 nitrogen and oxygen atoms in total. The number of fused-ring (bicyclic) bond motifs is 1. The van der Waals surface area contributed by atoms with Crippen LogP contribution in [0.5, 0.6) is 0 Å². The van der Waals surface area contributed by atoms with Gasteiger partial charge >= 0.3 is 0 Å². The van der Waals surface area contributed by atoms with Gasteiger partial charge in [-0.05, 0) is 24.4 Å². The molecule has 0 aliphatic carbocycles. The average Bonchev–Trinajstić information content (AvgIpc) is 3.14. The number of hydrogen-bond donors (Lipinski definition) is 3. The molecule has 0 radical (unpaired) electrons. The van der Waals surface area contributed by atoms with Crippen LogP contribution in [0.4, 0.5) is 5.69 Å². The molecule has 1 atom stereocenters. The molecule has 3 aromatic rings. The number of nitrogens with zero attached hydrogens (tertiary/aromatic N) is 2. The lowest BCUT2D eigenvalue weighted by Gasteiger charge is -2.14. The SMILES string of the molecule is CCNC(=NCc1ccccc1[N+](=O)[O-])NCC(O)c1cc2ccccc2s1. The molecular weight excluding hydrogens is 376 g/mol. The highest BCUT2D eigenvalue weighted by Crippen LogP contribution is 2.29. The number of thiophene rings is 1. The molecular formula is C20H22N4O3S. The largest absolute Gasteiger partial charge is 0.386 e. The Kier molecular flexibility index (Phi) is 6.57. The smallest absolute Gasteiger partial charge is 0.274 e. The monoisotopic (exact) mass is 398 g/mol. The van der Waals surface area contributed by atoms with E-state index in [0.29, 0.717) is 18.1 Å². The van der Waals surface area contributed by atoms with E-state index in [1.165, 1.54) is 6.07 Å². The molecule has 3 rings (SSSR count). The number of aliphatic imine (C=N–C) groups is 1. The Hall–Kier alpha value is -2.97. The fourth-order valence-electron chi connectivity index (χ4n) is 2.79. The third-order valence-electron chi connectivity index (χ3n) is 4.18. The minimum Gasteiger partial charge on any atom is -0.386 e. The molecule has 146 valence electrons. The molecule has 0 fully saturated rings. The zero-order chi connectivity index (χ0) is 19.9. The van der Waals surface area contributed by atoms with Crippen molar-refractivity contribution >= 4 is 33.1 Å². The molecule has 0 spiro atoms.